The maximum Gasteiger partial charge on any atom is 0.186 e. The normalized spacial score (nSPS) is 18.0. The molecule has 2 aromatic carbocycles. The van der Waals surface area contributed by atoms with Crippen molar-refractivity contribution in [3.05, 3.63) is 57.6 Å². The van der Waals surface area contributed by atoms with E-state index in [1.165, 1.54) is 0 Å². The van der Waals surface area contributed by atoms with Crippen LogP contribution in [0.25, 0.3) is 0 Å². The van der Waals surface area contributed by atoms with Gasteiger partial charge >= 0.3 is 0 Å². The molecule has 2 heterocycles. The number of benzene rings is 2. The highest BCUT2D eigenvalue weighted by molar-refractivity contribution is 6.31. The van der Waals surface area contributed by atoms with Gasteiger partial charge in [0.15, 0.2) is 5.78 Å². The van der Waals surface area contributed by atoms with Gasteiger partial charge in [-0.3, -0.25) is 4.79 Å². The van der Waals surface area contributed by atoms with Crippen molar-refractivity contribution in [1.29, 1.82) is 0 Å². The summed E-state index contributed by atoms with van der Waals surface area (Å²) < 4.78 is 10.6. The van der Waals surface area contributed by atoms with E-state index in [9.17, 15) is 4.79 Å². The second kappa shape index (κ2) is 10.5. The summed E-state index contributed by atoms with van der Waals surface area (Å²) in [6, 6.07) is 9.66. The Hall–Kier alpha value is -1.99. The summed E-state index contributed by atoms with van der Waals surface area (Å²) in [4.78, 5) is 11.5. The number of hydrogen-bond acceptors (Lipinski definition) is 6. The van der Waals surface area contributed by atoms with E-state index >= 15 is 0 Å². The number of ketones is 1. The second-order valence-electron chi connectivity index (χ2n) is 5.71. The number of carbonyl (C=O) groups is 1. The third-order valence-corrected chi connectivity index (χ3v) is 4.40. The molecule has 9 heteroatoms. The number of nitrogens with zero attached hydrogens (tertiary/aromatic N) is 1. The van der Waals surface area contributed by atoms with E-state index in [2.05, 4.69) is 5.16 Å². The fourth-order valence-corrected chi connectivity index (χ4v) is 2.97. The Balaban J connectivity index is 0.000000261. The van der Waals surface area contributed by atoms with Crippen LogP contribution < -0.4 is 15.2 Å². The molecule has 0 aliphatic carbocycles. The summed E-state index contributed by atoms with van der Waals surface area (Å²) in [6.45, 7) is 0.793. The number of nitrogens with two attached hydrogens (primary N) is 1. The van der Waals surface area contributed by atoms with Gasteiger partial charge in [-0.25, -0.2) is 0 Å². The van der Waals surface area contributed by atoms with E-state index in [0.29, 0.717) is 40.1 Å². The first-order valence-electron chi connectivity index (χ1n) is 7.85. The minimum Gasteiger partial charge on any atom is -0.492 e. The summed E-state index contributed by atoms with van der Waals surface area (Å²) in [5.74, 6) is 1.18. The fourth-order valence-electron chi connectivity index (χ4n) is 2.63. The first kappa shape index (κ1) is 24.0. The van der Waals surface area contributed by atoms with Crippen molar-refractivity contribution in [3.8, 4) is 11.5 Å². The summed E-state index contributed by atoms with van der Waals surface area (Å²) in [7, 11) is 0. The third-order valence-electron chi connectivity index (χ3n) is 3.93. The molecule has 0 spiro atoms. The van der Waals surface area contributed by atoms with E-state index < -0.39 is 6.04 Å². The molecule has 1 unspecified atom stereocenters. The van der Waals surface area contributed by atoms with Crippen LogP contribution in [-0.4, -0.2) is 36.0 Å². The van der Waals surface area contributed by atoms with Crippen LogP contribution in [0.1, 0.15) is 29.8 Å². The molecule has 1 atom stereocenters. The van der Waals surface area contributed by atoms with Crippen molar-refractivity contribution >= 4 is 47.1 Å². The summed E-state index contributed by atoms with van der Waals surface area (Å²) in [5, 5.41) is 13.1. The van der Waals surface area contributed by atoms with Crippen LogP contribution in [-0.2, 0) is 0 Å². The molecule has 2 aliphatic heterocycles. The van der Waals surface area contributed by atoms with Crippen LogP contribution in [0.15, 0.2) is 41.6 Å². The van der Waals surface area contributed by atoms with Gasteiger partial charge in [-0.1, -0.05) is 35.8 Å². The minimum atomic E-state index is -0.564. The van der Waals surface area contributed by atoms with Crippen LogP contribution in [0.5, 0.6) is 11.5 Å². The number of carbonyl (C=O) groups excluding carboxylic acids is 1. The highest BCUT2D eigenvalue weighted by atomic mass is 35.5. The zero-order valence-electron chi connectivity index (χ0n) is 14.0. The fraction of sp³-hybridized carbons (Fsp3) is 0.263. The van der Waals surface area contributed by atoms with E-state index in [4.69, 9.17) is 43.6 Å². The molecule has 0 saturated carbocycles. The second-order valence-corrected chi connectivity index (χ2v) is 6.58. The van der Waals surface area contributed by atoms with Crippen molar-refractivity contribution in [1.82, 2.24) is 0 Å². The molecule has 0 aromatic heterocycles. The van der Waals surface area contributed by atoms with Crippen LogP contribution in [0.4, 0.5) is 0 Å². The maximum absolute atomic E-state index is 11.5. The van der Waals surface area contributed by atoms with Gasteiger partial charge in [0, 0.05) is 22.0 Å². The zero-order chi connectivity index (χ0) is 18.7. The SMILES string of the molecule is C.Cl.NC1COc2ccc(Cl)cc2C1=O.ON=C1CCOc2ccc(Cl)cc21. The number of ether oxygens (including phenoxy) is 2. The standard InChI is InChI=1S/2C9H8ClNO2.CH4.ClH/c10-5-1-2-8-6(3-5)9(12)7(11)4-13-8;10-6-1-2-9-7(5-6)8(11-12)3-4-13-9;;/h1-3,7H,4,11H2;1-2,5,12H,3-4H2;1H4;1H. The van der Waals surface area contributed by atoms with Gasteiger partial charge in [0.1, 0.15) is 24.1 Å². The minimum absolute atomic E-state index is 0. The van der Waals surface area contributed by atoms with Gasteiger partial charge in [0.05, 0.1) is 17.9 Å². The molecular formula is C19H21Cl3N2O4. The first-order chi connectivity index (χ1) is 12.5. The molecule has 0 radical (unpaired) electrons. The van der Waals surface area contributed by atoms with E-state index in [-0.39, 0.29) is 32.2 Å². The molecule has 0 bridgehead atoms. The maximum atomic E-state index is 11.5. The Morgan fingerprint density at radius 2 is 1.61 bits per heavy atom. The lowest BCUT2D eigenvalue weighted by Gasteiger charge is -2.20. The predicted octanol–water partition coefficient (Wildman–Crippen LogP) is 4.60. The molecule has 6 nitrogen and oxygen atoms in total. The van der Waals surface area contributed by atoms with E-state index in [1.807, 2.05) is 0 Å². The zero-order valence-corrected chi connectivity index (χ0v) is 16.4. The van der Waals surface area contributed by atoms with Crippen molar-refractivity contribution in [2.24, 2.45) is 10.9 Å². The molecule has 152 valence electrons. The Morgan fingerprint density at radius 1 is 1.04 bits per heavy atom. The Kier molecular flexibility index (Phi) is 9.04. The molecule has 28 heavy (non-hydrogen) atoms. The molecule has 3 N–H and O–H groups in total. The first-order valence-corrected chi connectivity index (χ1v) is 8.61. The van der Waals surface area contributed by atoms with Crippen LogP contribution >= 0.6 is 35.6 Å². The van der Waals surface area contributed by atoms with Gasteiger partial charge in [0.2, 0.25) is 0 Å². The smallest absolute Gasteiger partial charge is 0.186 e. The highest BCUT2D eigenvalue weighted by Gasteiger charge is 2.25. The lowest BCUT2D eigenvalue weighted by atomic mass is 10.0. The van der Waals surface area contributed by atoms with Gasteiger partial charge < -0.3 is 20.4 Å². The lowest BCUT2D eigenvalue weighted by molar-refractivity contribution is 0.0900. The van der Waals surface area contributed by atoms with Crippen LogP contribution in [0, 0.1) is 0 Å². The van der Waals surface area contributed by atoms with Crippen LogP contribution in [0.3, 0.4) is 0 Å². The molecule has 0 fully saturated rings. The topological polar surface area (TPSA) is 94.1 Å². The summed E-state index contributed by atoms with van der Waals surface area (Å²) in [5.41, 5.74) is 7.41. The number of oxime groups is 1. The molecule has 4 rings (SSSR count). The highest BCUT2D eigenvalue weighted by Crippen LogP contribution is 2.28. The molecule has 0 saturated heterocycles. The third kappa shape index (κ3) is 5.29. The Morgan fingerprint density at radius 3 is 2.21 bits per heavy atom. The predicted molar refractivity (Wildman–Crippen MR) is 113 cm³/mol. The number of fused-ring (bicyclic) bond motifs is 2. The van der Waals surface area contributed by atoms with Gasteiger partial charge in [-0.2, -0.15) is 0 Å². The molecule has 2 aromatic rings. The lowest BCUT2D eigenvalue weighted by Crippen LogP contribution is -2.40. The van der Waals surface area contributed by atoms with Crippen LogP contribution in [0.2, 0.25) is 10.0 Å². The summed E-state index contributed by atoms with van der Waals surface area (Å²) >= 11 is 11.5. The molecular weight excluding hydrogens is 427 g/mol. The average molecular weight is 448 g/mol. The van der Waals surface area contributed by atoms with Gasteiger partial charge in [-0.05, 0) is 36.4 Å². The Bertz CT molecular complexity index is 874. The van der Waals surface area contributed by atoms with Crippen molar-refractivity contribution in [3.63, 3.8) is 0 Å². The summed E-state index contributed by atoms with van der Waals surface area (Å²) in [6.07, 6.45) is 0.615. The van der Waals surface area contributed by atoms with E-state index in [0.717, 1.165) is 11.3 Å². The molecule has 2 aliphatic rings. The van der Waals surface area contributed by atoms with Crippen molar-refractivity contribution < 1.29 is 19.5 Å². The van der Waals surface area contributed by atoms with Gasteiger partial charge in [0.25, 0.3) is 0 Å². The monoisotopic (exact) mass is 446 g/mol. The largest absolute Gasteiger partial charge is 0.492 e. The number of rotatable bonds is 0. The molecule has 0 amide bonds. The van der Waals surface area contributed by atoms with Gasteiger partial charge in [-0.15, -0.1) is 12.4 Å². The Labute approximate surface area is 179 Å². The quantitative estimate of drug-likeness (QED) is 0.454. The van der Waals surface area contributed by atoms with Crippen molar-refractivity contribution in [2.45, 2.75) is 19.9 Å². The number of halogens is 3. The van der Waals surface area contributed by atoms with E-state index in [1.54, 1.807) is 36.4 Å². The van der Waals surface area contributed by atoms with Crippen molar-refractivity contribution in [2.75, 3.05) is 13.2 Å². The number of hydrogen-bond donors (Lipinski definition) is 2. The average Bonchev–Trinajstić information content (AvgIpc) is 2.65. The number of Topliss-reactive ketones (excluding diaryl/α,β-unsaturated/α-hetero) is 1.